The summed E-state index contributed by atoms with van der Waals surface area (Å²) < 4.78 is 8.58. The van der Waals surface area contributed by atoms with Gasteiger partial charge in [-0.1, -0.05) is 24.3 Å². The van der Waals surface area contributed by atoms with Crippen LogP contribution < -0.4 is 21.7 Å². The van der Waals surface area contributed by atoms with E-state index < -0.39 is 5.91 Å². The summed E-state index contributed by atoms with van der Waals surface area (Å²) in [5.74, 6) is -0.832. The van der Waals surface area contributed by atoms with Gasteiger partial charge in [-0.15, -0.1) is 11.3 Å². The molecule has 1 aliphatic heterocycles. The molecule has 0 atom stereocenters. The van der Waals surface area contributed by atoms with Crippen LogP contribution in [0.5, 0.6) is 0 Å². The van der Waals surface area contributed by atoms with Crippen LogP contribution >= 0.6 is 11.3 Å². The van der Waals surface area contributed by atoms with Gasteiger partial charge in [-0.2, -0.15) is 0 Å². The van der Waals surface area contributed by atoms with Crippen LogP contribution in [0.3, 0.4) is 0 Å². The SMILES string of the molecule is N=c1c(C(=O)Nc2sc3c(c2C(=O)Nc2ccccc2)CCCC3)cc2c(=O)n3ccccc3nc2n1CCN1CCOCC1. The van der Waals surface area contributed by atoms with Crippen LogP contribution in [0, 0.1) is 5.41 Å². The van der Waals surface area contributed by atoms with Crippen molar-refractivity contribution in [3.05, 3.63) is 98.2 Å². The molecule has 45 heavy (non-hydrogen) atoms. The van der Waals surface area contributed by atoms with Crippen molar-refractivity contribution in [3.8, 4) is 0 Å². The Balaban J connectivity index is 1.29. The molecule has 0 spiro atoms. The zero-order valence-electron chi connectivity index (χ0n) is 24.7. The molecule has 0 saturated carbocycles. The van der Waals surface area contributed by atoms with Crippen molar-refractivity contribution in [2.45, 2.75) is 32.2 Å². The number of nitrogens with zero attached hydrogens (tertiary/aromatic N) is 4. The minimum atomic E-state index is -0.549. The van der Waals surface area contributed by atoms with Crippen LogP contribution in [0.1, 0.15) is 44.0 Å². The minimum Gasteiger partial charge on any atom is -0.379 e. The first-order chi connectivity index (χ1) is 22.0. The number of fused-ring (bicyclic) bond motifs is 3. The summed E-state index contributed by atoms with van der Waals surface area (Å²) in [5, 5.41) is 15.8. The first kappa shape index (κ1) is 29.1. The van der Waals surface area contributed by atoms with E-state index in [0.717, 1.165) is 49.2 Å². The Hall–Kier alpha value is -4.65. The molecule has 0 radical (unpaired) electrons. The molecule has 1 aromatic carbocycles. The standard InChI is InChI=1S/C33H33N7O4S/c34-28-23(30(41)37-32-27(22-10-4-5-11-25(22)45-32)31(42)35-21-8-2-1-3-9-21)20-24-29(36-26-12-6-7-13-39(26)33(24)43)40(28)15-14-38-16-18-44-19-17-38/h1-3,6-9,12-13,20,34H,4-5,10-11,14-19H2,(H,35,42)(H,37,41). The molecule has 12 heteroatoms. The summed E-state index contributed by atoms with van der Waals surface area (Å²) in [4.78, 5) is 49.4. The highest BCUT2D eigenvalue weighted by Gasteiger charge is 2.28. The number of ether oxygens (including phenoxy) is 1. The number of anilines is 2. The Morgan fingerprint density at radius 1 is 0.956 bits per heavy atom. The Morgan fingerprint density at radius 2 is 1.73 bits per heavy atom. The van der Waals surface area contributed by atoms with Gasteiger partial charge in [0, 0.05) is 42.9 Å². The number of carbonyl (C=O) groups excluding carboxylic acids is 2. The number of thiophene rings is 1. The Morgan fingerprint density at radius 3 is 2.56 bits per heavy atom. The lowest BCUT2D eigenvalue weighted by Gasteiger charge is -2.27. The van der Waals surface area contributed by atoms with Crippen LogP contribution in [0.4, 0.5) is 10.7 Å². The van der Waals surface area contributed by atoms with E-state index >= 15 is 0 Å². The lowest BCUT2D eigenvalue weighted by molar-refractivity contribution is 0.0363. The molecule has 230 valence electrons. The highest BCUT2D eigenvalue weighted by atomic mass is 32.1. The number of amides is 2. The molecule has 11 nitrogen and oxygen atoms in total. The van der Waals surface area contributed by atoms with E-state index in [1.165, 1.54) is 21.8 Å². The highest BCUT2D eigenvalue weighted by Crippen LogP contribution is 2.38. The molecular weight excluding hydrogens is 590 g/mol. The number of benzene rings is 1. The van der Waals surface area contributed by atoms with Gasteiger partial charge >= 0.3 is 0 Å². The molecule has 0 bridgehead atoms. The molecule has 1 aliphatic carbocycles. The summed E-state index contributed by atoms with van der Waals surface area (Å²) >= 11 is 1.41. The van der Waals surface area contributed by atoms with Crippen molar-refractivity contribution in [1.29, 1.82) is 5.41 Å². The smallest absolute Gasteiger partial charge is 0.267 e. The number of aromatic nitrogens is 3. The summed E-state index contributed by atoms with van der Waals surface area (Å²) in [7, 11) is 0. The van der Waals surface area contributed by atoms with Gasteiger partial charge in [0.1, 0.15) is 21.8 Å². The summed E-state index contributed by atoms with van der Waals surface area (Å²) in [6.07, 6.45) is 5.24. The van der Waals surface area contributed by atoms with Crippen LogP contribution in [-0.4, -0.2) is 63.5 Å². The van der Waals surface area contributed by atoms with E-state index in [-0.39, 0.29) is 27.9 Å². The number of aryl methyl sites for hydroxylation is 1. The van der Waals surface area contributed by atoms with Crippen LogP contribution in [0.2, 0.25) is 0 Å². The zero-order chi connectivity index (χ0) is 30.9. The number of pyridine rings is 2. The van der Waals surface area contributed by atoms with Gasteiger partial charge in [-0.3, -0.25) is 29.1 Å². The second kappa shape index (κ2) is 12.4. The molecule has 4 aromatic heterocycles. The van der Waals surface area contributed by atoms with Gasteiger partial charge in [-0.05, 0) is 61.6 Å². The fourth-order valence-corrected chi connectivity index (χ4v) is 7.41. The number of morpholine rings is 1. The van der Waals surface area contributed by atoms with Crippen LogP contribution in [0.25, 0.3) is 16.7 Å². The van der Waals surface area contributed by atoms with E-state index in [2.05, 4.69) is 15.5 Å². The average Bonchev–Trinajstić information content (AvgIpc) is 3.43. The molecule has 5 aromatic rings. The maximum absolute atomic E-state index is 14.0. The van der Waals surface area contributed by atoms with Crippen molar-refractivity contribution in [2.24, 2.45) is 0 Å². The summed E-state index contributed by atoms with van der Waals surface area (Å²) in [5.41, 5.74) is 2.60. The Labute approximate surface area is 262 Å². The van der Waals surface area contributed by atoms with Crippen molar-refractivity contribution in [3.63, 3.8) is 0 Å². The van der Waals surface area contributed by atoms with Gasteiger partial charge < -0.3 is 19.9 Å². The largest absolute Gasteiger partial charge is 0.379 e. The van der Waals surface area contributed by atoms with Gasteiger partial charge in [0.25, 0.3) is 17.4 Å². The van der Waals surface area contributed by atoms with E-state index in [0.29, 0.717) is 53.8 Å². The van der Waals surface area contributed by atoms with E-state index in [1.54, 1.807) is 29.0 Å². The predicted octanol–water partition coefficient (Wildman–Crippen LogP) is 3.91. The molecule has 2 amide bonds. The monoisotopic (exact) mass is 623 g/mol. The van der Waals surface area contributed by atoms with E-state index in [1.807, 2.05) is 30.3 Å². The summed E-state index contributed by atoms with van der Waals surface area (Å²) in [6, 6.07) is 16.0. The molecule has 0 unspecified atom stereocenters. The quantitative estimate of drug-likeness (QED) is 0.236. The zero-order valence-corrected chi connectivity index (χ0v) is 25.5. The first-order valence-corrected chi connectivity index (χ1v) is 16.0. The lowest BCUT2D eigenvalue weighted by Crippen LogP contribution is -2.40. The first-order valence-electron chi connectivity index (χ1n) is 15.2. The molecule has 5 heterocycles. The van der Waals surface area contributed by atoms with Crippen LogP contribution in [0.15, 0.2) is 65.6 Å². The van der Waals surface area contributed by atoms with E-state index in [9.17, 15) is 19.8 Å². The maximum Gasteiger partial charge on any atom is 0.267 e. The van der Waals surface area contributed by atoms with Gasteiger partial charge in [0.15, 0.2) is 0 Å². The Kier molecular flexibility index (Phi) is 8.01. The molecule has 3 N–H and O–H groups in total. The minimum absolute atomic E-state index is 0.0417. The second-order valence-electron chi connectivity index (χ2n) is 11.3. The summed E-state index contributed by atoms with van der Waals surface area (Å²) in [6.45, 7) is 3.78. The number of rotatable bonds is 7. The number of hydrogen-bond acceptors (Lipinski definition) is 8. The molecule has 7 rings (SSSR count). The van der Waals surface area contributed by atoms with Crippen molar-refractivity contribution in [2.75, 3.05) is 43.5 Å². The normalized spacial score (nSPS) is 15.2. The molecule has 1 fully saturated rings. The van der Waals surface area contributed by atoms with Gasteiger partial charge in [0.05, 0.1) is 29.7 Å². The number of hydrogen-bond donors (Lipinski definition) is 3. The average molecular weight is 624 g/mol. The number of para-hydroxylation sites is 1. The second-order valence-corrected chi connectivity index (χ2v) is 12.4. The fraction of sp³-hybridized carbons (Fsp3) is 0.303. The third-order valence-electron chi connectivity index (χ3n) is 8.46. The highest BCUT2D eigenvalue weighted by molar-refractivity contribution is 7.17. The number of carbonyl (C=O) groups is 2. The van der Waals surface area contributed by atoms with Crippen molar-refractivity contribution in [1.82, 2.24) is 18.9 Å². The van der Waals surface area contributed by atoms with E-state index in [4.69, 9.17) is 9.72 Å². The molecule has 2 aliphatic rings. The van der Waals surface area contributed by atoms with Crippen LogP contribution in [-0.2, 0) is 24.1 Å². The maximum atomic E-state index is 14.0. The molecule has 1 saturated heterocycles. The van der Waals surface area contributed by atoms with Gasteiger partial charge in [0.2, 0.25) is 0 Å². The molecular formula is C33H33N7O4S. The predicted molar refractivity (Wildman–Crippen MR) is 173 cm³/mol. The fourth-order valence-electron chi connectivity index (χ4n) is 6.12. The number of nitrogens with one attached hydrogen (secondary N) is 3. The van der Waals surface area contributed by atoms with Crippen molar-refractivity contribution >= 4 is 50.5 Å². The Bertz CT molecular complexity index is 2040. The third-order valence-corrected chi connectivity index (χ3v) is 9.67. The third kappa shape index (κ3) is 5.68. The van der Waals surface area contributed by atoms with Gasteiger partial charge in [-0.25, -0.2) is 4.98 Å². The topological polar surface area (TPSA) is 134 Å². The van der Waals surface area contributed by atoms with Crippen molar-refractivity contribution < 1.29 is 14.3 Å². The lowest BCUT2D eigenvalue weighted by atomic mass is 9.95.